The van der Waals surface area contributed by atoms with Gasteiger partial charge in [0.25, 0.3) is 17.7 Å². The molecule has 0 atom stereocenters. The lowest BCUT2D eigenvalue weighted by atomic mass is 9.89. The molecule has 0 aliphatic carbocycles. The smallest absolute Gasteiger partial charge is 0.261 e. The molecule has 0 radical (unpaired) electrons. The van der Waals surface area contributed by atoms with E-state index in [4.69, 9.17) is 5.73 Å². The highest BCUT2D eigenvalue weighted by atomic mass is 16.2. The van der Waals surface area contributed by atoms with Crippen LogP contribution in [0.5, 0.6) is 0 Å². The van der Waals surface area contributed by atoms with Gasteiger partial charge in [-0.25, -0.2) is 0 Å². The number of hydrogen-bond acceptors (Lipinski definition) is 4. The van der Waals surface area contributed by atoms with Gasteiger partial charge < -0.3 is 5.73 Å². The van der Waals surface area contributed by atoms with Gasteiger partial charge >= 0.3 is 0 Å². The normalized spacial score (nSPS) is 13.1. The van der Waals surface area contributed by atoms with Gasteiger partial charge in [-0.15, -0.1) is 0 Å². The van der Waals surface area contributed by atoms with Crippen molar-refractivity contribution in [1.82, 2.24) is 9.88 Å². The third-order valence-corrected chi connectivity index (χ3v) is 4.51. The van der Waals surface area contributed by atoms with E-state index in [2.05, 4.69) is 4.98 Å². The Kier molecular flexibility index (Phi) is 6.33. The number of carbonyl (C=O) groups excluding carboxylic acids is 3. The predicted molar refractivity (Wildman–Crippen MR) is 108 cm³/mol. The molecule has 0 saturated carbocycles. The topological polar surface area (TPSA) is 93.4 Å². The Hall–Kier alpha value is -3.02. The minimum Gasteiger partial charge on any atom is -0.366 e. The molecule has 3 amide bonds. The number of amides is 3. The molecule has 1 aromatic carbocycles. The maximum absolute atomic E-state index is 12.5. The zero-order valence-electron chi connectivity index (χ0n) is 17.1. The average Bonchev–Trinajstić information content (AvgIpc) is 2.91. The van der Waals surface area contributed by atoms with Crippen LogP contribution >= 0.6 is 0 Å². The standard InChI is InChI=1S/C20H21N3O3.C2H6/c1-20(2,3)16-10-12(15(11-22-16)17(21)24)8-9-23-18(25)13-6-4-5-7-14(13)19(23)26;1-2/h4-7,10-11H,8-9H2,1-3H3,(H2,21,24);1-2H3. The fourth-order valence-electron chi connectivity index (χ4n) is 3.01. The van der Waals surface area contributed by atoms with Crippen LogP contribution in [0.3, 0.4) is 0 Å². The van der Waals surface area contributed by atoms with E-state index in [-0.39, 0.29) is 23.8 Å². The number of fused-ring (bicyclic) bond motifs is 1. The highest BCUT2D eigenvalue weighted by Gasteiger charge is 2.34. The quantitative estimate of drug-likeness (QED) is 0.822. The first-order valence-electron chi connectivity index (χ1n) is 9.44. The van der Waals surface area contributed by atoms with Crippen LogP contribution in [0.1, 0.15) is 77.0 Å². The van der Waals surface area contributed by atoms with Gasteiger partial charge in [0.2, 0.25) is 0 Å². The fraction of sp³-hybridized carbons (Fsp3) is 0.364. The van der Waals surface area contributed by atoms with Gasteiger partial charge in [0, 0.05) is 23.9 Å². The molecule has 1 aromatic heterocycles. The van der Waals surface area contributed by atoms with Crippen molar-refractivity contribution in [2.24, 2.45) is 5.73 Å². The van der Waals surface area contributed by atoms with Crippen molar-refractivity contribution >= 4 is 17.7 Å². The molecule has 2 aromatic rings. The van der Waals surface area contributed by atoms with E-state index in [0.29, 0.717) is 28.7 Å². The summed E-state index contributed by atoms with van der Waals surface area (Å²) in [5.74, 6) is -1.19. The van der Waals surface area contributed by atoms with Crippen LogP contribution in [0.2, 0.25) is 0 Å². The molecule has 6 heteroatoms. The Morgan fingerprint density at radius 3 is 2.07 bits per heavy atom. The summed E-state index contributed by atoms with van der Waals surface area (Å²) in [5, 5.41) is 0. The number of hydrogen-bond donors (Lipinski definition) is 1. The summed E-state index contributed by atoms with van der Waals surface area (Å²) in [4.78, 5) is 42.2. The lowest BCUT2D eigenvalue weighted by molar-refractivity contribution is 0.0656. The largest absolute Gasteiger partial charge is 0.366 e. The number of rotatable bonds is 4. The third kappa shape index (κ3) is 4.11. The Bertz CT molecular complexity index is 878. The van der Waals surface area contributed by atoms with Crippen molar-refractivity contribution in [2.45, 2.75) is 46.5 Å². The lowest BCUT2D eigenvalue weighted by Gasteiger charge is -2.20. The third-order valence-electron chi connectivity index (χ3n) is 4.51. The molecule has 2 N–H and O–H groups in total. The number of pyridine rings is 1. The van der Waals surface area contributed by atoms with Crippen LogP contribution in [0.15, 0.2) is 36.5 Å². The van der Waals surface area contributed by atoms with E-state index in [0.717, 1.165) is 5.69 Å². The second-order valence-corrected chi connectivity index (χ2v) is 7.40. The first-order valence-corrected chi connectivity index (χ1v) is 9.44. The number of aromatic nitrogens is 1. The molecule has 6 nitrogen and oxygen atoms in total. The number of carbonyl (C=O) groups is 3. The maximum Gasteiger partial charge on any atom is 0.261 e. The van der Waals surface area contributed by atoms with Gasteiger partial charge in [0.1, 0.15) is 0 Å². The number of benzene rings is 1. The Morgan fingerprint density at radius 2 is 1.61 bits per heavy atom. The van der Waals surface area contributed by atoms with Gasteiger partial charge in [-0.05, 0) is 30.2 Å². The van der Waals surface area contributed by atoms with Crippen LogP contribution < -0.4 is 5.73 Å². The van der Waals surface area contributed by atoms with Crippen molar-refractivity contribution in [3.8, 4) is 0 Å². The van der Waals surface area contributed by atoms with E-state index in [1.54, 1.807) is 24.3 Å². The molecule has 1 aliphatic rings. The van der Waals surface area contributed by atoms with E-state index < -0.39 is 5.91 Å². The van der Waals surface area contributed by atoms with Crippen LogP contribution in [0.4, 0.5) is 0 Å². The summed E-state index contributed by atoms with van der Waals surface area (Å²) < 4.78 is 0. The van der Waals surface area contributed by atoms with Crippen LogP contribution in [-0.2, 0) is 11.8 Å². The van der Waals surface area contributed by atoms with Crippen molar-refractivity contribution in [2.75, 3.05) is 6.54 Å². The fourth-order valence-corrected chi connectivity index (χ4v) is 3.01. The molecule has 0 bridgehead atoms. The number of nitrogens with zero attached hydrogens (tertiary/aromatic N) is 2. The molecule has 28 heavy (non-hydrogen) atoms. The van der Waals surface area contributed by atoms with E-state index in [9.17, 15) is 14.4 Å². The molecule has 0 fully saturated rings. The second kappa shape index (κ2) is 8.33. The summed E-state index contributed by atoms with van der Waals surface area (Å²) in [7, 11) is 0. The molecule has 148 valence electrons. The van der Waals surface area contributed by atoms with Crippen molar-refractivity contribution < 1.29 is 14.4 Å². The zero-order valence-corrected chi connectivity index (χ0v) is 17.1. The van der Waals surface area contributed by atoms with Crippen LogP contribution in [0.25, 0.3) is 0 Å². The Labute approximate surface area is 165 Å². The minimum absolute atomic E-state index is 0.181. The van der Waals surface area contributed by atoms with Crippen molar-refractivity contribution in [1.29, 1.82) is 0 Å². The first-order chi connectivity index (χ1) is 13.2. The Morgan fingerprint density at radius 1 is 1.07 bits per heavy atom. The first kappa shape index (κ1) is 21.3. The van der Waals surface area contributed by atoms with Crippen LogP contribution in [0, 0.1) is 0 Å². The molecule has 0 unspecified atom stereocenters. The molecule has 2 heterocycles. The highest BCUT2D eigenvalue weighted by Crippen LogP contribution is 2.25. The minimum atomic E-state index is -0.574. The number of primary amides is 1. The molecular weight excluding hydrogens is 354 g/mol. The van der Waals surface area contributed by atoms with E-state index >= 15 is 0 Å². The van der Waals surface area contributed by atoms with Gasteiger partial charge in [-0.1, -0.05) is 46.8 Å². The average molecular weight is 381 g/mol. The monoisotopic (exact) mass is 381 g/mol. The Balaban J connectivity index is 0.00000136. The van der Waals surface area contributed by atoms with Crippen molar-refractivity contribution in [3.05, 3.63) is 64.5 Å². The van der Waals surface area contributed by atoms with Gasteiger partial charge in [-0.3, -0.25) is 24.3 Å². The van der Waals surface area contributed by atoms with Gasteiger partial charge in [-0.2, -0.15) is 0 Å². The molecular formula is C22H27N3O3. The molecule has 0 spiro atoms. The number of nitrogens with two attached hydrogens (primary N) is 1. The van der Waals surface area contributed by atoms with Crippen LogP contribution in [-0.4, -0.2) is 34.2 Å². The van der Waals surface area contributed by atoms with E-state index in [1.165, 1.54) is 11.1 Å². The summed E-state index contributed by atoms with van der Waals surface area (Å²) in [6, 6.07) is 8.59. The second-order valence-electron chi connectivity index (χ2n) is 7.40. The zero-order chi connectivity index (χ0) is 21.1. The summed E-state index contributed by atoms with van der Waals surface area (Å²) in [5.41, 5.74) is 7.91. The van der Waals surface area contributed by atoms with Gasteiger partial charge in [0.05, 0.1) is 16.7 Å². The maximum atomic E-state index is 12.5. The number of imide groups is 1. The highest BCUT2D eigenvalue weighted by molar-refractivity contribution is 6.21. The van der Waals surface area contributed by atoms with Gasteiger partial charge in [0.15, 0.2) is 0 Å². The molecule has 3 rings (SSSR count). The lowest BCUT2D eigenvalue weighted by Crippen LogP contribution is -2.32. The summed E-state index contributed by atoms with van der Waals surface area (Å²) >= 11 is 0. The van der Waals surface area contributed by atoms with Crippen molar-refractivity contribution in [3.63, 3.8) is 0 Å². The molecule has 1 aliphatic heterocycles. The SMILES string of the molecule is CC.CC(C)(C)c1cc(CCN2C(=O)c3ccccc3C2=O)c(C(N)=O)cn1. The summed E-state index contributed by atoms with van der Waals surface area (Å²) in [6.45, 7) is 10.2. The molecule has 0 saturated heterocycles. The predicted octanol–water partition coefficient (Wildman–Crippen LogP) is 3.34. The van der Waals surface area contributed by atoms with E-state index in [1.807, 2.05) is 40.7 Å². The summed E-state index contributed by atoms with van der Waals surface area (Å²) in [6.07, 6.45) is 1.82.